The molecule has 3 heteroatoms. The zero-order chi connectivity index (χ0) is 13.1. The van der Waals surface area contributed by atoms with E-state index in [1.54, 1.807) is 0 Å². The molecule has 0 amide bonds. The number of hydrogen-bond donors (Lipinski definition) is 2. The van der Waals surface area contributed by atoms with Crippen molar-refractivity contribution >= 4 is 11.5 Å². The van der Waals surface area contributed by atoms with E-state index in [1.165, 1.54) is 5.56 Å². The molecule has 0 bridgehead atoms. The molecule has 0 saturated carbocycles. The van der Waals surface area contributed by atoms with E-state index in [2.05, 4.69) is 33.0 Å². The fraction of sp³-hybridized carbons (Fsp3) is 0.500. The average molecular weight is 234 g/mol. The summed E-state index contributed by atoms with van der Waals surface area (Å²) in [5.74, 6) is 0.0653. The third kappa shape index (κ3) is 4.57. The number of nitrogens with one attached hydrogen (secondary N) is 1. The van der Waals surface area contributed by atoms with Gasteiger partial charge in [0.1, 0.15) is 0 Å². The summed E-state index contributed by atoms with van der Waals surface area (Å²) in [5, 5.41) is 3.44. The predicted octanol–water partition coefficient (Wildman–Crippen LogP) is 2.28. The second kappa shape index (κ2) is 5.32. The van der Waals surface area contributed by atoms with Crippen molar-refractivity contribution in [1.29, 1.82) is 0 Å². The molecule has 0 aliphatic carbocycles. The molecule has 0 fully saturated rings. The summed E-state index contributed by atoms with van der Waals surface area (Å²) in [7, 11) is 0. The summed E-state index contributed by atoms with van der Waals surface area (Å²) in [5.41, 5.74) is 8.62. The van der Waals surface area contributed by atoms with Crippen LogP contribution < -0.4 is 11.1 Å². The van der Waals surface area contributed by atoms with Crippen molar-refractivity contribution in [3.05, 3.63) is 29.3 Å². The molecule has 1 rings (SSSR count). The van der Waals surface area contributed by atoms with Crippen LogP contribution in [-0.2, 0) is 11.2 Å². The van der Waals surface area contributed by atoms with Crippen molar-refractivity contribution in [1.82, 2.24) is 0 Å². The van der Waals surface area contributed by atoms with Crippen LogP contribution in [0, 0.1) is 6.92 Å². The van der Waals surface area contributed by atoms with Gasteiger partial charge in [0.15, 0.2) is 5.78 Å². The molecule has 1 aromatic rings. The number of ketones is 1. The topological polar surface area (TPSA) is 55.1 Å². The zero-order valence-corrected chi connectivity index (χ0v) is 11.1. The first-order chi connectivity index (χ1) is 7.81. The van der Waals surface area contributed by atoms with Crippen LogP contribution in [0.1, 0.15) is 31.9 Å². The quantitative estimate of drug-likeness (QED) is 0.840. The van der Waals surface area contributed by atoms with Crippen molar-refractivity contribution < 1.29 is 4.79 Å². The number of aryl methyl sites for hydroxylation is 1. The Morgan fingerprint density at radius 3 is 2.53 bits per heavy atom. The molecule has 17 heavy (non-hydrogen) atoms. The van der Waals surface area contributed by atoms with Crippen LogP contribution >= 0.6 is 0 Å². The molecule has 94 valence electrons. The molecule has 0 aliphatic heterocycles. The Morgan fingerprint density at radius 2 is 2.00 bits per heavy atom. The first kappa shape index (κ1) is 13.7. The minimum Gasteiger partial charge on any atom is -0.380 e. The van der Waals surface area contributed by atoms with E-state index in [0.29, 0.717) is 6.42 Å². The molecule has 0 unspecified atom stereocenters. The van der Waals surface area contributed by atoms with Crippen molar-refractivity contribution in [3.63, 3.8) is 0 Å². The minimum absolute atomic E-state index is 0.0151. The Balaban J connectivity index is 2.90. The number of nitrogens with two attached hydrogens (primary N) is 1. The number of carbonyl (C=O) groups excluding carboxylic acids is 1. The molecule has 0 atom stereocenters. The highest BCUT2D eigenvalue weighted by Gasteiger charge is 2.11. The van der Waals surface area contributed by atoms with Gasteiger partial charge in [0.25, 0.3) is 0 Å². The highest BCUT2D eigenvalue weighted by molar-refractivity contribution is 5.82. The maximum absolute atomic E-state index is 11.3. The Labute approximate surface area is 103 Å². The Kier molecular flexibility index (Phi) is 4.29. The van der Waals surface area contributed by atoms with Crippen molar-refractivity contribution in [2.24, 2.45) is 5.73 Å². The number of Topliss-reactive ketones (excluding diaryl/α,β-unsaturated/α-hetero) is 1. The molecule has 0 aliphatic rings. The van der Waals surface area contributed by atoms with Crippen molar-refractivity contribution in [3.8, 4) is 0 Å². The molecule has 0 heterocycles. The van der Waals surface area contributed by atoms with E-state index < -0.39 is 0 Å². The number of anilines is 1. The van der Waals surface area contributed by atoms with Gasteiger partial charge >= 0.3 is 0 Å². The summed E-state index contributed by atoms with van der Waals surface area (Å²) < 4.78 is 0. The van der Waals surface area contributed by atoms with Crippen LogP contribution in [0.4, 0.5) is 5.69 Å². The number of rotatable bonds is 4. The number of carbonyl (C=O) groups is 1. The third-order valence-corrected chi connectivity index (χ3v) is 2.44. The molecule has 0 radical (unpaired) electrons. The lowest BCUT2D eigenvalue weighted by Crippen LogP contribution is -2.26. The largest absolute Gasteiger partial charge is 0.380 e. The summed E-state index contributed by atoms with van der Waals surface area (Å²) >= 11 is 0. The molecular weight excluding hydrogens is 212 g/mol. The van der Waals surface area contributed by atoms with Gasteiger partial charge in [-0.1, -0.05) is 12.1 Å². The molecule has 0 aromatic heterocycles. The van der Waals surface area contributed by atoms with E-state index in [1.807, 2.05) is 18.2 Å². The SMILES string of the molecule is Cc1ccc(CC(=O)CN)cc1NC(C)(C)C. The maximum atomic E-state index is 11.3. The molecule has 3 nitrogen and oxygen atoms in total. The van der Waals surface area contributed by atoms with E-state index in [0.717, 1.165) is 11.3 Å². The van der Waals surface area contributed by atoms with Gasteiger partial charge in [0.05, 0.1) is 6.54 Å². The lowest BCUT2D eigenvalue weighted by atomic mass is 10.0. The smallest absolute Gasteiger partial charge is 0.150 e. The monoisotopic (exact) mass is 234 g/mol. The fourth-order valence-electron chi connectivity index (χ4n) is 1.62. The highest BCUT2D eigenvalue weighted by Crippen LogP contribution is 2.21. The van der Waals surface area contributed by atoms with Crippen LogP contribution in [0.5, 0.6) is 0 Å². The minimum atomic E-state index is 0.0151. The van der Waals surface area contributed by atoms with Crippen molar-refractivity contribution in [2.75, 3.05) is 11.9 Å². The molecule has 0 spiro atoms. The standard InChI is InChI=1S/C14H22N2O/c1-10-5-6-11(7-12(17)9-15)8-13(10)16-14(2,3)4/h5-6,8,16H,7,9,15H2,1-4H3. The fourth-order valence-corrected chi connectivity index (χ4v) is 1.62. The van der Waals surface area contributed by atoms with Crippen LogP contribution in [0.3, 0.4) is 0 Å². The van der Waals surface area contributed by atoms with Gasteiger partial charge in [-0.2, -0.15) is 0 Å². The summed E-state index contributed by atoms with van der Waals surface area (Å²) in [6.07, 6.45) is 0.412. The molecule has 0 saturated heterocycles. The Bertz CT molecular complexity index is 405. The van der Waals surface area contributed by atoms with Gasteiger partial charge in [-0.15, -0.1) is 0 Å². The second-order valence-corrected chi connectivity index (χ2v) is 5.44. The van der Waals surface area contributed by atoms with E-state index >= 15 is 0 Å². The normalized spacial score (nSPS) is 11.4. The summed E-state index contributed by atoms with van der Waals surface area (Å²) in [4.78, 5) is 11.3. The van der Waals surface area contributed by atoms with Crippen LogP contribution in [0.2, 0.25) is 0 Å². The summed E-state index contributed by atoms with van der Waals surface area (Å²) in [6, 6.07) is 6.05. The Morgan fingerprint density at radius 1 is 1.35 bits per heavy atom. The van der Waals surface area contributed by atoms with Crippen LogP contribution in [0.15, 0.2) is 18.2 Å². The van der Waals surface area contributed by atoms with Gasteiger partial charge in [-0.25, -0.2) is 0 Å². The number of benzene rings is 1. The van der Waals surface area contributed by atoms with Gasteiger partial charge in [0.2, 0.25) is 0 Å². The maximum Gasteiger partial charge on any atom is 0.150 e. The lowest BCUT2D eigenvalue weighted by Gasteiger charge is -2.24. The molecule has 3 N–H and O–H groups in total. The van der Waals surface area contributed by atoms with Crippen molar-refractivity contribution in [2.45, 2.75) is 39.7 Å². The van der Waals surface area contributed by atoms with Crippen LogP contribution in [-0.4, -0.2) is 17.9 Å². The first-order valence-electron chi connectivity index (χ1n) is 5.91. The van der Waals surface area contributed by atoms with Gasteiger partial charge in [-0.3, -0.25) is 4.79 Å². The Hall–Kier alpha value is -1.35. The van der Waals surface area contributed by atoms with Gasteiger partial charge in [0, 0.05) is 17.6 Å². The number of hydrogen-bond acceptors (Lipinski definition) is 3. The second-order valence-electron chi connectivity index (χ2n) is 5.44. The van der Waals surface area contributed by atoms with Gasteiger partial charge in [-0.05, 0) is 44.9 Å². The van der Waals surface area contributed by atoms with E-state index in [-0.39, 0.29) is 17.9 Å². The predicted molar refractivity (Wildman–Crippen MR) is 72.3 cm³/mol. The van der Waals surface area contributed by atoms with Crippen LogP contribution in [0.25, 0.3) is 0 Å². The zero-order valence-electron chi connectivity index (χ0n) is 11.1. The third-order valence-electron chi connectivity index (χ3n) is 2.44. The molecule has 1 aromatic carbocycles. The summed E-state index contributed by atoms with van der Waals surface area (Å²) in [6.45, 7) is 8.51. The lowest BCUT2D eigenvalue weighted by molar-refractivity contribution is -0.117. The highest BCUT2D eigenvalue weighted by atomic mass is 16.1. The average Bonchev–Trinajstić information content (AvgIpc) is 2.21. The van der Waals surface area contributed by atoms with E-state index in [9.17, 15) is 4.79 Å². The van der Waals surface area contributed by atoms with Gasteiger partial charge < -0.3 is 11.1 Å². The molecular formula is C14H22N2O. The van der Waals surface area contributed by atoms with E-state index in [4.69, 9.17) is 5.73 Å². The first-order valence-corrected chi connectivity index (χ1v) is 5.91.